The SMILES string of the molecule is Fc1ccc(-c2c(F)cncc2F)c2c1CCNC2. The number of hydrogen-bond donors (Lipinski definition) is 1. The number of nitrogens with one attached hydrogen (secondary N) is 1. The minimum atomic E-state index is -0.737. The number of aromatic nitrogens is 1. The average molecular weight is 264 g/mol. The molecule has 5 heteroatoms. The summed E-state index contributed by atoms with van der Waals surface area (Å²) in [6.45, 7) is 1.07. The number of rotatable bonds is 1. The van der Waals surface area contributed by atoms with Crippen molar-refractivity contribution in [3.63, 3.8) is 0 Å². The van der Waals surface area contributed by atoms with E-state index in [0.29, 0.717) is 36.2 Å². The molecule has 0 saturated heterocycles. The summed E-state index contributed by atoms with van der Waals surface area (Å²) in [4.78, 5) is 3.46. The predicted octanol–water partition coefficient (Wildman–Crippen LogP) is 2.81. The largest absolute Gasteiger partial charge is 0.312 e. The topological polar surface area (TPSA) is 24.9 Å². The molecule has 0 amide bonds. The number of pyridine rings is 1. The molecule has 0 spiro atoms. The van der Waals surface area contributed by atoms with Gasteiger partial charge in [0.2, 0.25) is 0 Å². The number of hydrogen-bond acceptors (Lipinski definition) is 2. The minimum absolute atomic E-state index is 0.144. The van der Waals surface area contributed by atoms with E-state index in [-0.39, 0.29) is 11.4 Å². The van der Waals surface area contributed by atoms with Gasteiger partial charge in [-0.25, -0.2) is 13.2 Å². The lowest BCUT2D eigenvalue weighted by atomic mass is 9.91. The third kappa shape index (κ3) is 2.00. The zero-order valence-electron chi connectivity index (χ0n) is 10.0. The lowest BCUT2D eigenvalue weighted by Gasteiger charge is -2.21. The molecule has 0 atom stereocenters. The van der Waals surface area contributed by atoms with Gasteiger partial charge < -0.3 is 5.32 Å². The van der Waals surface area contributed by atoms with Crippen molar-refractivity contribution in [3.8, 4) is 11.1 Å². The van der Waals surface area contributed by atoms with Gasteiger partial charge in [-0.15, -0.1) is 0 Å². The third-order valence-electron chi connectivity index (χ3n) is 3.35. The van der Waals surface area contributed by atoms with E-state index >= 15 is 0 Å². The van der Waals surface area contributed by atoms with Crippen LogP contribution in [0, 0.1) is 17.5 Å². The summed E-state index contributed by atoms with van der Waals surface area (Å²) in [5, 5.41) is 3.09. The van der Waals surface area contributed by atoms with Crippen LogP contribution in [0.15, 0.2) is 24.5 Å². The lowest BCUT2D eigenvalue weighted by molar-refractivity contribution is 0.564. The standard InChI is InChI=1S/C14H11F3N2/c15-11-2-1-9(10-5-18-4-3-8(10)11)14-12(16)6-19-7-13(14)17/h1-2,6-7,18H,3-5H2. The molecule has 0 saturated carbocycles. The number of nitrogens with zero attached hydrogens (tertiary/aromatic N) is 1. The first-order valence-electron chi connectivity index (χ1n) is 5.99. The van der Waals surface area contributed by atoms with Crippen LogP contribution in [0.4, 0.5) is 13.2 Å². The first kappa shape index (κ1) is 12.2. The van der Waals surface area contributed by atoms with Crippen LogP contribution >= 0.6 is 0 Å². The van der Waals surface area contributed by atoms with Crippen molar-refractivity contribution >= 4 is 0 Å². The fraction of sp³-hybridized carbons (Fsp3) is 0.214. The van der Waals surface area contributed by atoms with Crippen molar-refractivity contribution < 1.29 is 13.2 Å². The predicted molar refractivity (Wildman–Crippen MR) is 65.0 cm³/mol. The van der Waals surface area contributed by atoms with Crippen LogP contribution in [0.3, 0.4) is 0 Å². The van der Waals surface area contributed by atoms with Gasteiger partial charge >= 0.3 is 0 Å². The van der Waals surface area contributed by atoms with Gasteiger partial charge in [0.25, 0.3) is 0 Å². The highest BCUT2D eigenvalue weighted by Crippen LogP contribution is 2.32. The maximum Gasteiger partial charge on any atom is 0.152 e. The molecular weight excluding hydrogens is 253 g/mol. The van der Waals surface area contributed by atoms with Crippen molar-refractivity contribution in [2.75, 3.05) is 6.54 Å². The van der Waals surface area contributed by atoms with E-state index in [1.807, 2.05) is 0 Å². The van der Waals surface area contributed by atoms with Crippen molar-refractivity contribution in [1.29, 1.82) is 0 Å². The Morgan fingerprint density at radius 3 is 2.42 bits per heavy atom. The molecule has 1 aliphatic heterocycles. The Bertz CT molecular complexity index is 621. The van der Waals surface area contributed by atoms with E-state index in [4.69, 9.17) is 0 Å². The maximum absolute atomic E-state index is 13.8. The minimum Gasteiger partial charge on any atom is -0.312 e. The van der Waals surface area contributed by atoms with Gasteiger partial charge in [-0.05, 0) is 35.7 Å². The maximum atomic E-state index is 13.8. The number of halogens is 3. The van der Waals surface area contributed by atoms with Crippen LogP contribution in [0.1, 0.15) is 11.1 Å². The Morgan fingerprint density at radius 1 is 0.947 bits per heavy atom. The normalized spacial score (nSPS) is 14.3. The van der Waals surface area contributed by atoms with E-state index in [2.05, 4.69) is 10.3 Å². The third-order valence-corrected chi connectivity index (χ3v) is 3.35. The van der Waals surface area contributed by atoms with Crippen molar-refractivity contribution in [2.24, 2.45) is 0 Å². The van der Waals surface area contributed by atoms with Crippen molar-refractivity contribution in [2.45, 2.75) is 13.0 Å². The van der Waals surface area contributed by atoms with E-state index in [1.54, 1.807) is 0 Å². The van der Waals surface area contributed by atoms with Crippen LogP contribution in [0.5, 0.6) is 0 Å². The summed E-state index contributed by atoms with van der Waals surface area (Å²) in [7, 11) is 0. The monoisotopic (exact) mass is 264 g/mol. The second-order valence-corrected chi connectivity index (χ2v) is 4.46. The van der Waals surface area contributed by atoms with Gasteiger partial charge in [0.05, 0.1) is 18.0 Å². The molecule has 3 rings (SSSR count). The summed E-state index contributed by atoms with van der Waals surface area (Å²) in [5.41, 5.74) is 1.40. The molecule has 2 aromatic rings. The molecule has 1 aromatic carbocycles. The van der Waals surface area contributed by atoms with Gasteiger partial charge in [0.1, 0.15) is 5.82 Å². The summed E-state index contributed by atoms with van der Waals surface area (Å²) in [6.07, 6.45) is 2.44. The first-order chi connectivity index (χ1) is 9.18. The molecule has 2 heterocycles. The van der Waals surface area contributed by atoms with Gasteiger partial charge in [-0.2, -0.15) is 0 Å². The molecule has 1 aromatic heterocycles. The summed E-state index contributed by atoms with van der Waals surface area (Å²) < 4.78 is 41.3. The van der Waals surface area contributed by atoms with E-state index in [9.17, 15) is 13.2 Å². The summed E-state index contributed by atoms with van der Waals surface area (Å²) >= 11 is 0. The molecule has 0 radical (unpaired) electrons. The van der Waals surface area contributed by atoms with Gasteiger partial charge in [-0.3, -0.25) is 4.98 Å². The fourth-order valence-electron chi connectivity index (χ4n) is 2.47. The van der Waals surface area contributed by atoms with Crippen LogP contribution in [0.25, 0.3) is 11.1 Å². The van der Waals surface area contributed by atoms with Crippen LogP contribution in [0.2, 0.25) is 0 Å². The van der Waals surface area contributed by atoms with Crippen LogP contribution in [-0.2, 0) is 13.0 Å². The van der Waals surface area contributed by atoms with Gasteiger partial charge in [0.15, 0.2) is 11.6 Å². The van der Waals surface area contributed by atoms with Gasteiger partial charge in [-0.1, -0.05) is 6.07 Å². The molecule has 0 aliphatic carbocycles. The zero-order valence-corrected chi connectivity index (χ0v) is 10.0. The Hall–Kier alpha value is -1.88. The molecule has 0 bridgehead atoms. The molecule has 98 valence electrons. The highest BCUT2D eigenvalue weighted by molar-refractivity contribution is 5.70. The zero-order chi connectivity index (χ0) is 13.4. The fourth-order valence-corrected chi connectivity index (χ4v) is 2.47. The van der Waals surface area contributed by atoms with Gasteiger partial charge in [0, 0.05) is 6.54 Å². The van der Waals surface area contributed by atoms with Crippen molar-refractivity contribution in [1.82, 2.24) is 10.3 Å². The molecular formula is C14H11F3N2. The second-order valence-electron chi connectivity index (χ2n) is 4.46. The Labute approximate surface area is 108 Å². The van der Waals surface area contributed by atoms with Crippen LogP contribution in [-0.4, -0.2) is 11.5 Å². The highest BCUT2D eigenvalue weighted by atomic mass is 19.1. The van der Waals surface area contributed by atoms with E-state index in [1.165, 1.54) is 12.1 Å². The summed E-state index contributed by atoms with van der Waals surface area (Å²) in [6, 6.07) is 2.68. The molecule has 1 N–H and O–H groups in total. The lowest BCUT2D eigenvalue weighted by Crippen LogP contribution is -2.25. The Morgan fingerprint density at radius 2 is 1.68 bits per heavy atom. The molecule has 2 nitrogen and oxygen atoms in total. The first-order valence-corrected chi connectivity index (χ1v) is 5.99. The molecule has 0 unspecified atom stereocenters. The van der Waals surface area contributed by atoms with E-state index in [0.717, 1.165) is 12.4 Å². The van der Waals surface area contributed by atoms with Crippen LogP contribution < -0.4 is 5.32 Å². The smallest absolute Gasteiger partial charge is 0.152 e. The molecule has 19 heavy (non-hydrogen) atoms. The molecule has 0 fully saturated rings. The second kappa shape index (κ2) is 4.66. The average Bonchev–Trinajstić information content (AvgIpc) is 2.41. The van der Waals surface area contributed by atoms with Crippen molar-refractivity contribution in [3.05, 3.63) is 53.1 Å². The summed E-state index contributed by atoms with van der Waals surface area (Å²) in [5.74, 6) is -1.80. The highest BCUT2D eigenvalue weighted by Gasteiger charge is 2.21. The Kier molecular flexibility index (Phi) is 2.98. The number of benzene rings is 1. The number of fused-ring (bicyclic) bond motifs is 1. The quantitative estimate of drug-likeness (QED) is 0.856. The molecule has 1 aliphatic rings. The van der Waals surface area contributed by atoms with E-state index < -0.39 is 11.6 Å². The Balaban J connectivity index is 2.26.